The minimum Gasteiger partial charge on any atom is -0.457 e. The Hall–Kier alpha value is -0.650. The molecule has 0 spiro atoms. The Kier molecular flexibility index (Phi) is 5.81. The van der Waals surface area contributed by atoms with Crippen molar-refractivity contribution in [2.75, 3.05) is 6.54 Å². The molecule has 0 radical (unpaired) electrons. The second-order valence-corrected chi connectivity index (χ2v) is 6.18. The summed E-state index contributed by atoms with van der Waals surface area (Å²) in [7, 11) is 0. The molecule has 2 nitrogen and oxygen atoms in total. The fourth-order valence-corrected chi connectivity index (χ4v) is 3.01. The van der Waals surface area contributed by atoms with Gasteiger partial charge in [0.1, 0.15) is 5.82 Å². The van der Waals surface area contributed by atoms with Crippen LogP contribution in [0.5, 0.6) is 0 Å². The van der Waals surface area contributed by atoms with Crippen LogP contribution in [0.4, 0.5) is 4.39 Å². The Bertz CT molecular complexity index is 571. The first kappa shape index (κ1) is 15.7. The summed E-state index contributed by atoms with van der Waals surface area (Å²) in [5, 5.41) is 3.50. The zero-order valence-corrected chi connectivity index (χ0v) is 14.3. The van der Waals surface area contributed by atoms with E-state index in [0.717, 1.165) is 35.2 Å². The number of hydrogen-bond acceptors (Lipinski definition) is 2. The van der Waals surface area contributed by atoms with Crippen LogP contribution in [0.3, 0.4) is 0 Å². The minimum absolute atomic E-state index is 0.139. The lowest BCUT2D eigenvalue weighted by Crippen LogP contribution is -2.24. The van der Waals surface area contributed by atoms with Crippen molar-refractivity contribution >= 4 is 31.9 Å². The van der Waals surface area contributed by atoms with Gasteiger partial charge in [0.25, 0.3) is 0 Å². The molecular weight excluding hydrogens is 389 g/mol. The quantitative estimate of drug-likeness (QED) is 0.713. The Balaban J connectivity index is 2.19. The van der Waals surface area contributed by atoms with Gasteiger partial charge in [0.15, 0.2) is 4.67 Å². The molecule has 0 bridgehead atoms. The zero-order chi connectivity index (χ0) is 14.5. The van der Waals surface area contributed by atoms with Crippen LogP contribution >= 0.6 is 31.9 Å². The van der Waals surface area contributed by atoms with Crippen molar-refractivity contribution in [3.05, 3.63) is 56.6 Å². The van der Waals surface area contributed by atoms with Crippen molar-refractivity contribution < 1.29 is 8.81 Å². The fourth-order valence-electron chi connectivity index (χ4n) is 2.07. The van der Waals surface area contributed by atoms with Gasteiger partial charge >= 0.3 is 0 Å². The SMILES string of the molecule is CCCNC(Cc1ccc(F)c(Br)c1)c1ccoc1Br. The summed E-state index contributed by atoms with van der Waals surface area (Å²) in [4.78, 5) is 0. The van der Waals surface area contributed by atoms with Crippen molar-refractivity contribution in [1.29, 1.82) is 0 Å². The molecule has 0 amide bonds. The highest BCUT2D eigenvalue weighted by Crippen LogP contribution is 2.28. The van der Waals surface area contributed by atoms with Gasteiger partial charge in [0.2, 0.25) is 0 Å². The van der Waals surface area contributed by atoms with E-state index in [9.17, 15) is 4.39 Å². The van der Waals surface area contributed by atoms with E-state index in [1.54, 1.807) is 6.26 Å². The van der Waals surface area contributed by atoms with Crippen molar-refractivity contribution in [1.82, 2.24) is 5.32 Å². The molecule has 0 fully saturated rings. The maximum Gasteiger partial charge on any atom is 0.173 e. The normalized spacial score (nSPS) is 12.6. The molecule has 0 aliphatic carbocycles. The highest BCUT2D eigenvalue weighted by molar-refractivity contribution is 9.10. The van der Waals surface area contributed by atoms with Crippen molar-refractivity contribution in [2.24, 2.45) is 0 Å². The van der Waals surface area contributed by atoms with Gasteiger partial charge in [-0.15, -0.1) is 0 Å². The third-order valence-corrected chi connectivity index (χ3v) is 4.34. The number of rotatable bonds is 6. The molecule has 2 rings (SSSR count). The van der Waals surface area contributed by atoms with E-state index in [4.69, 9.17) is 4.42 Å². The molecule has 1 aromatic carbocycles. The smallest absolute Gasteiger partial charge is 0.173 e. The number of furan rings is 1. The molecule has 108 valence electrons. The largest absolute Gasteiger partial charge is 0.457 e. The van der Waals surface area contributed by atoms with Crippen LogP contribution in [0.25, 0.3) is 0 Å². The number of benzene rings is 1. The third kappa shape index (κ3) is 3.93. The maximum atomic E-state index is 13.3. The van der Waals surface area contributed by atoms with E-state index in [1.165, 1.54) is 6.07 Å². The lowest BCUT2D eigenvalue weighted by atomic mass is 10.0. The van der Waals surface area contributed by atoms with Crippen molar-refractivity contribution in [3.8, 4) is 0 Å². The standard InChI is InChI=1S/C15H16Br2FNO/c1-2-6-19-14(11-5-7-20-15(11)17)9-10-3-4-13(18)12(16)8-10/h3-5,7-8,14,19H,2,6,9H2,1H3. The Morgan fingerprint density at radius 2 is 2.10 bits per heavy atom. The summed E-state index contributed by atoms with van der Waals surface area (Å²) < 4.78 is 19.8. The average molecular weight is 405 g/mol. The number of halogens is 3. The molecule has 20 heavy (non-hydrogen) atoms. The second-order valence-electron chi connectivity index (χ2n) is 4.61. The molecular formula is C15H16Br2FNO. The van der Waals surface area contributed by atoms with Crippen molar-refractivity contribution in [3.63, 3.8) is 0 Å². The number of nitrogens with one attached hydrogen (secondary N) is 1. The van der Waals surface area contributed by atoms with Crippen LogP contribution in [-0.4, -0.2) is 6.54 Å². The maximum absolute atomic E-state index is 13.3. The Labute approximate surface area is 135 Å². The predicted molar refractivity (Wildman–Crippen MR) is 85.2 cm³/mol. The van der Waals surface area contributed by atoms with E-state index in [1.807, 2.05) is 18.2 Å². The van der Waals surface area contributed by atoms with E-state index in [2.05, 4.69) is 44.1 Å². The zero-order valence-electron chi connectivity index (χ0n) is 11.1. The summed E-state index contributed by atoms with van der Waals surface area (Å²) in [6.07, 6.45) is 3.50. The molecule has 1 atom stereocenters. The molecule has 1 aromatic heterocycles. The summed E-state index contributed by atoms with van der Waals surface area (Å²) in [6.45, 7) is 3.05. The van der Waals surface area contributed by atoms with E-state index < -0.39 is 0 Å². The van der Waals surface area contributed by atoms with Crippen LogP contribution in [0.15, 0.2) is 44.1 Å². The summed E-state index contributed by atoms with van der Waals surface area (Å²) in [5.41, 5.74) is 2.15. The molecule has 1 heterocycles. The van der Waals surface area contributed by atoms with Gasteiger partial charge in [-0.25, -0.2) is 4.39 Å². The van der Waals surface area contributed by atoms with E-state index in [0.29, 0.717) is 4.47 Å². The lowest BCUT2D eigenvalue weighted by Gasteiger charge is -2.18. The van der Waals surface area contributed by atoms with Gasteiger partial charge in [-0.2, -0.15) is 0 Å². The van der Waals surface area contributed by atoms with Crippen LogP contribution in [0.1, 0.15) is 30.5 Å². The second kappa shape index (κ2) is 7.38. The van der Waals surface area contributed by atoms with Crippen LogP contribution in [-0.2, 0) is 6.42 Å². The summed E-state index contributed by atoms with van der Waals surface area (Å²) in [5.74, 6) is -0.240. The first-order chi connectivity index (χ1) is 9.61. The minimum atomic E-state index is -0.240. The number of hydrogen-bond donors (Lipinski definition) is 1. The van der Waals surface area contributed by atoms with Crippen LogP contribution in [0, 0.1) is 5.82 Å². The Morgan fingerprint density at radius 1 is 1.30 bits per heavy atom. The van der Waals surface area contributed by atoms with Crippen LogP contribution < -0.4 is 5.32 Å². The van der Waals surface area contributed by atoms with E-state index in [-0.39, 0.29) is 11.9 Å². The van der Waals surface area contributed by atoms with Crippen LogP contribution in [0.2, 0.25) is 0 Å². The van der Waals surface area contributed by atoms with Gasteiger partial charge in [-0.05, 0) is 75.0 Å². The summed E-state index contributed by atoms with van der Waals surface area (Å²) >= 11 is 6.65. The van der Waals surface area contributed by atoms with Crippen molar-refractivity contribution in [2.45, 2.75) is 25.8 Å². The molecule has 5 heteroatoms. The van der Waals surface area contributed by atoms with Gasteiger partial charge in [0.05, 0.1) is 10.7 Å². The highest BCUT2D eigenvalue weighted by Gasteiger charge is 2.17. The first-order valence-corrected chi connectivity index (χ1v) is 8.10. The molecule has 1 N–H and O–H groups in total. The molecule has 0 saturated heterocycles. The average Bonchev–Trinajstić information content (AvgIpc) is 2.85. The molecule has 1 unspecified atom stereocenters. The van der Waals surface area contributed by atoms with Gasteiger partial charge in [-0.1, -0.05) is 13.0 Å². The van der Waals surface area contributed by atoms with Gasteiger partial charge in [-0.3, -0.25) is 0 Å². The Morgan fingerprint density at radius 3 is 2.70 bits per heavy atom. The first-order valence-electron chi connectivity index (χ1n) is 6.52. The monoisotopic (exact) mass is 403 g/mol. The molecule has 0 aliphatic heterocycles. The lowest BCUT2D eigenvalue weighted by molar-refractivity contribution is 0.497. The van der Waals surface area contributed by atoms with Gasteiger partial charge < -0.3 is 9.73 Å². The molecule has 0 saturated carbocycles. The predicted octanol–water partition coefficient (Wildman–Crippen LogP) is 5.23. The molecule has 2 aromatic rings. The fraction of sp³-hybridized carbons (Fsp3) is 0.333. The highest BCUT2D eigenvalue weighted by atomic mass is 79.9. The summed E-state index contributed by atoms with van der Waals surface area (Å²) in [6, 6.07) is 7.22. The topological polar surface area (TPSA) is 25.2 Å². The third-order valence-electron chi connectivity index (χ3n) is 3.09. The van der Waals surface area contributed by atoms with E-state index >= 15 is 0 Å². The molecule has 0 aliphatic rings. The van der Waals surface area contributed by atoms with Gasteiger partial charge in [0, 0.05) is 11.6 Å².